The number of oxime groups is 1. The van der Waals surface area contributed by atoms with Crippen LogP contribution in [0, 0.1) is 5.92 Å². The highest BCUT2D eigenvalue weighted by Gasteiger charge is 2.54. The fraction of sp³-hybridized carbons (Fsp3) is 0.471. The van der Waals surface area contributed by atoms with Crippen LogP contribution in [0.15, 0.2) is 21.8 Å². The number of nitrogens with one attached hydrogen (secondary N) is 1. The molecule has 13 heteroatoms. The number of anilines is 1. The third kappa shape index (κ3) is 3.70. The molecule has 0 radical (unpaired) electrons. The lowest BCUT2D eigenvalue weighted by Crippen LogP contribution is -2.71. The van der Waals surface area contributed by atoms with Crippen LogP contribution in [0.25, 0.3) is 0 Å². The first-order valence-electron chi connectivity index (χ1n) is 9.15. The van der Waals surface area contributed by atoms with Crippen molar-refractivity contribution in [2.45, 2.75) is 24.3 Å². The van der Waals surface area contributed by atoms with Crippen LogP contribution in [0.1, 0.15) is 18.5 Å². The number of fused-ring (bicyclic) bond motifs is 1. The molecule has 2 fully saturated rings. The molecule has 0 bridgehead atoms. The zero-order valence-corrected chi connectivity index (χ0v) is 18.1. The SMILES string of the molecule is Nc1nc(/C(=N/O)C(=O)NC2C(=O)N3C(C(=O)S)=C(C4CCOCC4)CS[C@H]23)cs1. The largest absolute Gasteiger partial charge is 0.410 e. The molecule has 10 nitrogen and oxygen atoms in total. The van der Waals surface area contributed by atoms with E-state index in [0.717, 1.165) is 29.8 Å². The number of nitrogen functional groups attached to an aromatic ring is 1. The van der Waals surface area contributed by atoms with Crippen molar-refractivity contribution in [3.05, 3.63) is 22.3 Å². The fourth-order valence-electron chi connectivity index (χ4n) is 3.82. The number of amides is 2. The highest BCUT2D eigenvalue weighted by atomic mass is 32.2. The number of thiol groups is 1. The summed E-state index contributed by atoms with van der Waals surface area (Å²) in [5.74, 6) is -0.420. The molecule has 0 saturated carbocycles. The first kappa shape index (κ1) is 21.2. The van der Waals surface area contributed by atoms with Gasteiger partial charge >= 0.3 is 0 Å². The Kier molecular flexibility index (Phi) is 6.04. The predicted octanol–water partition coefficient (Wildman–Crippen LogP) is 0.441. The number of aromatic nitrogens is 1. The van der Waals surface area contributed by atoms with Crippen LogP contribution < -0.4 is 11.1 Å². The first-order valence-corrected chi connectivity index (χ1v) is 11.5. The predicted molar refractivity (Wildman–Crippen MR) is 114 cm³/mol. The van der Waals surface area contributed by atoms with E-state index in [2.05, 4.69) is 28.1 Å². The molecular formula is C17H19N5O5S3. The van der Waals surface area contributed by atoms with Crippen LogP contribution in [-0.4, -0.2) is 68.1 Å². The molecule has 0 spiro atoms. The lowest BCUT2D eigenvalue weighted by atomic mass is 9.89. The van der Waals surface area contributed by atoms with Gasteiger partial charge in [-0.05, 0) is 24.3 Å². The van der Waals surface area contributed by atoms with Crippen LogP contribution in [-0.2, 0) is 19.1 Å². The summed E-state index contributed by atoms with van der Waals surface area (Å²) >= 11 is 6.58. The van der Waals surface area contributed by atoms with Crippen molar-refractivity contribution in [2.24, 2.45) is 11.1 Å². The van der Waals surface area contributed by atoms with E-state index in [9.17, 15) is 19.6 Å². The smallest absolute Gasteiger partial charge is 0.276 e. The van der Waals surface area contributed by atoms with E-state index in [1.807, 2.05) is 0 Å². The summed E-state index contributed by atoms with van der Waals surface area (Å²) < 4.78 is 5.40. The maximum Gasteiger partial charge on any atom is 0.276 e. The molecular weight excluding hydrogens is 450 g/mol. The van der Waals surface area contributed by atoms with Crippen LogP contribution in [0.2, 0.25) is 0 Å². The summed E-state index contributed by atoms with van der Waals surface area (Å²) in [6, 6.07) is -0.853. The minimum atomic E-state index is -0.853. The van der Waals surface area contributed by atoms with E-state index in [0.29, 0.717) is 24.7 Å². The van der Waals surface area contributed by atoms with E-state index in [-0.39, 0.29) is 22.5 Å². The molecule has 1 aromatic heterocycles. The van der Waals surface area contributed by atoms with Crippen LogP contribution >= 0.6 is 35.7 Å². The van der Waals surface area contributed by atoms with Gasteiger partial charge < -0.3 is 21.0 Å². The fourth-order valence-corrected chi connectivity index (χ4v) is 6.08. The highest BCUT2D eigenvalue weighted by molar-refractivity contribution is 8.00. The maximum atomic E-state index is 12.8. The number of thioether (sulfide) groups is 1. The highest BCUT2D eigenvalue weighted by Crippen LogP contribution is 2.44. The number of rotatable bonds is 5. The average Bonchev–Trinajstić information content (AvgIpc) is 3.17. The quantitative estimate of drug-likeness (QED) is 0.160. The lowest BCUT2D eigenvalue weighted by Gasteiger charge is -2.50. The van der Waals surface area contributed by atoms with Crippen molar-refractivity contribution in [3.63, 3.8) is 0 Å². The third-order valence-corrected chi connectivity index (χ3v) is 7.47. The van der Waals surface area contributed by atoms with Gasteiger partial charge in [0.05, 0.1) is 5.70 Å². The van der Waals surface area contributed by atoms with Crippen molar-refractivity contribution < 1.29 is 24.3 Å². The second kappa shape index (κ2) is 8.57. The molecule has 160 valence electrons. The van der Waals surface area contributed by atoms with E-state index < -0.39 is 28.3 Å². The van der Waals surface area contributed by atoms with Gasteiger partial charge in [-0.15, -0.1) is 23.1 Å². The minimum Gasteiger partial charge on any atom is -0.410 e. The molecule has 4 rings (SSSR count). The number of hydrogen-bond acceptors (Lipinski definition) is 10. The van der Waals surface area contributed by atoms with Crippen molar-refractivity contribution in [1.29, 1.82) is 0 Å². The number of ether oxygens (including phenoxy) is 1. The van der Waals surface area contributed by atoms with Gasteiger partial charge in [0.1, 0.15) is 17.1 Å². The van der Waals surface area contributed by atoms with Gasteiger partial charge in [-0.1, -0.05) is 17.8 Å². The number of carbonyl (C=O) groups excluding carboxylic acids is 3. The Bertz CT molecular complexity index is 955. The number of nitrogens with zero attached hydrogens (tertiary/aromatic N) is 3. The Morgan fingerprint density at radius 2 is 2.13 bits per heavy atom. The first-order chi connectivity index (χ1) is 14.4. The van der Waals surface area contributed by atoms with Gasteiger partial charge in [0.2, 0.25) is 5.12 Å². The van der Waals surface area contributed by atoms with E-state index >= 15 is 0 Å². The molecule has 3 aliphatic heterocycles. The minimum absolute atomic E-state index is 0.116. The Balaban J connectivity index is 1.52. The Labute approximate surface area is 185 Å². The normalized spacial score (nSPS) is 25.0. The van der Waals surface area contributed by atoms with Crippen LogP contribution in [0.4, 0.5) is 5.13 Å². The van der Waals surface area contributed by atoms with Gasteiger partial charge in [-0.2, -0.15) is 0 Å². The molecule has 0 aromatic carbocycles. The summed E-state index contributed by atoms with van der Waals surface area (Å²) in [5, 5.41) is 15.6. The van der Waals surface area contributed by atoms with Crippen LogP contribution in [0.5, 0.6) is 0 Å². The summed E-state index contributed by atoms with van der Waals surface area (Å²) in [6.45, 7) is 1.24. The summed E-state index contributed by atoms with van der Waals surface area (Å²) in [4.78, 5) is 43.0. The van der Waals surface area contributed by atoms with Gasteiger partial charge in [0, 0.05) is 24.3 Å². The summed E-state index contributed by atoms with van der Waals surface area (Å²) in [6.07, 6.45) is 1.58. The third-order valence-electron chi connectivity index (χ3n) is 5.28. The number of β-lactam (4-membered cyclic amide) rings is 1. The van der Waals surface area contributed by atoms with Gasteiger partial charge in [-0.3, -0.25) is 19.3 Å². The summed E-state index contributed by atoms with van der Waals surface area (Å²) in [5.41, 5.74) is 6.57. The van der Waals surface area contributed by atoms with Gasteiger partial charge in [-0.25, -0.2) is 4.98 Å². The zero-order chi connectivity index (χ0) is 21.4. The van der Waals surface area contributed by atoms with Crippen molar-refractivity contribution >= 4 is 63.5 Å². The standard InChI is InChI=1S/C17H19N5O5S3/c18-17-19-9(6-30-17)10(21-26)13(23)20-11-14(24)22-12(16(25)28)8(5-29-15(11)22)7-1-3-27-4-2-7/h6-7,11,15,26H,1-5H2,(H2,18,19)(H,20,23)(H,25,28)/b21-10-/t11?,15-/m1/s1. The second-order valence-electron chi connectivity index (χ2n) is 6.95. The monoisotopic (exact) mass is 469 g/mol. The molecule has 3 aliphatic rings. The van der Waals surface area contributed by atoms with Crippen molar-refractivity contribution in [2.75, 3.05) is 24.7 Å². The van der Waals surface area contributed by atoms with Crippen molar-refractivity contribution in [1.82, 2.24) is 15.2 Å². The molecule has 2 atom stereocenters. The molecule has 1 unspecified atom stereocenters. The second-order valence-corrected chi connectivity index (χ2v) is 9.35. The number of hydrogen-bond donors (Lipinski definition) is 4. The topological polar surface area (TPSA) is 147 Å². The molecule has 2 saturated heterocycles. The average molecular weight is 470 g/mol. The van der Waals surface area contributed by atoms with E-state index in [1.54, 1.807) is 0 Å². The van der Waals surface area contributed by atoms with E-state index in [1.165, 1.54) is 22.0 Å². The molecule has 4 heterocycles. The molecule has 1 aromatic rings. The number of nitrogens with two attached hydrogens (primary N) is 1. The van der Waals surface area contributed by atoms with Crippen molar-refractivity contribution in [3.8, 4) is 0 Å². The van der Waals surface area contributed by atoms with Gasteiger partial charge in [0.25, 0.3) is 11.8 Å². The Morgan fingerprint density at radius 3 is 2.73 bits per heavy atom. The summed E-state index contributed by atoms with van der Waals surface area (Å²) in [7, 11) is 0. The Morgan fingerprint density at radius 1 is 1.40 bits per heavy atom. The number of carbonyl (C=O) groups is 3. The molecule has 2 amide bonds. The zero-order valence-electron chi connectivity index (χ0n) is 15.6. The molecule has 4 N–H and O–H groups in total. The van der Waals surface area contributed by atoms with Gasteiger partial charge in [0.15, 0.2) is 10.8 Å². The molecule has 0 aliphatic carbocycles. The lowest BCUT2D eigenvalue weighted by molar-refractivity contribution is -0.146. The van der Waals surface area contributed by atoms with E-state index in [4.69, 9.17) is 10.5 Å². The Hall–Kier alpha value is -2.09. The molecule has 30 heavy (non-hydrogen) atoms. The van der Waals surface area contributed by atoms with Crippen LogP contribution in [0.3, 0.4) is 0 Å². The maximum absolute atomic E-state index is 12.8. The number of thiazole rings is 1.